The number of para-hydroxylation sites is 1. The van der Waals surface area contributed by atoms with Crippen molar-refractivity contribution in [3.63, 3.8) is 0 Å². The number of hydrogen-bond acceptors (Lipinski definition) is 4. The van der Waals surface area contributed by atoms with Crippen LogP contribution in [0.25, 0.3) is 0 Å². The van der Waals surface area contributed by atoms with Crippen LogP contribution >= 0.6 is 11.6 Å². The molecule has 4 rings (SSSR count). The van der Waals surface area contributed by atoms with Crippen LogP contribution in [0, 0.1) is 5.82 Å². The largest absolute Gasteiger partial charge is 0.368 e. The lowest BCUT2D eigenvalue weighted by atomic mass is 10.0. The van der Waals surface area contributed by atoms with Crippen molar-refractivity contribution in [1.82, 2.24) is 9.62 Å². The third-order valence-electron chi connectivity index (χ3n) is 6.18. The molecule has 3 aromatic rings. The van der Waals surface area contributed by atoms with Gasteiger partial charge in [-0.3, -0.25) is 0 Å². The van der Waals surface area contributed by atoms with E-state index in [1.54, 1.807) is 29.2 Å². The van der Waals surface area contributed by atoms with E-state index in [4.69, 9.17) is 11.6 Å². The highest BCUT2D eigenvalue weighted by Gasteiger charge is 2.24. The maximum absolute atomic E-state index is 13.1. The van der Waals surface area contributed by atoms with Crippen molar-refractivity contribution in [3.05, 3.63) is 89.2 Å². The van der Waals surface area contributed by atoms with Crippen LogP contribution in [0.2, 0.25) is 5.02 Å². The number of sulfonamides is 1. The Morgan fingerprint density at radius 2 is 1.67 bits per heavy atom. The van der Waals surface area contributed by atoms with Crippen molar-refractivity contribution in [3.8, 4) is 0 Å². The topological polar surface area (TPSA) is 81.8 Å². The van der Waals surface area contributed by atoms with Crippen molar-refractivity contribution >= 4 is 39.0 Å². The molecule has 1 unspecified atom stereocenters. The summed E-state index contributed by atoms with van der Waals surface area (Å²) in [5, 5.41) is 3.01. The Hall–Kier alpha value is -3.14. The Balaban J connectivity index is 1.34. The fraction of sp³-hybridized carbons (Fsp3) is 0.269. The summed E-state index contributed by atoms with van der Waals surface area (Å²) < 4.78 is 41.5. The molecule has 190 valence electrons. The predicted molar refractivity (Wildman–Crippen MR) is 141 cm³/mol. The van der Waals surface area contributed by atoms with Crippen LogP contribution in [0.5, 0.6) is 0 Å². The fourth-order valence-corrected chi connectivity index (χ4v) is 5.69. The summed E-state index contributed by atoms with van der Waals surface area (Å²) in [6.07, 6.45) is 0. The molecule has 1 heterocycles. The van der Waals surface area contributed by atoms with Gasteiger partial charge in [0.1, 0.15) is 10.7 Å². The number of halogens is 2. The summed E-state index contributed by atoms with van der Waals surface area (Å²) in [6, 6.07) is 20.0. The average Bonchev–Trinajstić information content (AvgIpc) is 2.88. The van der Waals surface area contributed by atoms with Gasteiger partial charge in [-0.15, -0.1) is 0 Å². The molecule has 2 amide bonds. The second-order valence-corrected chi connectivity index (χ2v) is 10.8. The summed E-state index contributed by atoms with van der Waals surface area (Å²) in [4.78, 5) is 16.3. The van der Waals surface area contributed by atoms with E-state index in [1.165, 1.54) is 18.2 Å². The molecule has 0 aromatic heterocycles. The molecule has 1 saturated heterocycles. The van der Waals surface area contributed by atoms with Gasteiger partial charge in [0.25, 0.3) is 0 Å². The maximum atomic E-state index is 13.1. The van der Waals surface area contributed by atoms with E-state index in [-0.39, 0.29) is 34.2 Å². The van der Waals surface area contributed by atoms with Gasteiger partial charge >= 0.3 is 6.03 Å². The number of carbonyl (C=O) groups excluding carboxylic acids is 1. The van der Waals surface area contributed by atoms with Gasteiger partial charge < -0.3 is 15.1 Å². The number of anilines is 2. The summed E-state index contributed by atoms with van der Waals surface area (Å²) in [6.45, 7) is 4.26. The van der Waals surface area contributed by atoms with Gasteiger partial charge in [-0.1, -0.05) is 48.9 Å². The Morgan fingerprint density at radius 3 is 2.31 bits per heavy atom. The molecule has 3 aromatic carbocycles. The number of hydrogen-bond donors (Lipinski definition) is 2. The lowest BCUT2D eigenvalue weighted by molar-refractivity contribution is 0.208. The quantitative estimate of drug-likeness (QED) is 0.454. The normalized spacial score (nSPS) is 15.0. The number of nitrogens with one attached hydrogen (secondary N) is 2. The lowest BCUT2D eigenvalue weighted by Crippen LogP contribution is -2.50. The zero-order chi connectivity index (χ0) is 25.7. The van der Waals surface area contributed by atoms with E-state index >= 15 is 0 Å². The highest BCUT2D eigenvalue weighted by Crippen LogP contribution is 2.28. The summed E-state index contributed by atoms with van der Waals surface area (Å²) >= 11 is 6.39. The summed E-state index contributed by atoms with van der Waals surface area (Å²) in [7, 11) is -3.84. The second-order valence-electron chi connectivity index (χ2n) is 8.69. The summed E-state index contributed by atoms with van der Waals surface area (Å²) in [5.74, 6) is -0.482. The van der Waals surface area contributed by atoms with Crippen LogP contribution in [-0.2, 0) is 10.0 Å². The summed E-state index contributed by atoms with van der Waals surface area (Å²) in [5.41, 5.74) is 2.37. The number of urea groups is 1. The first kappa shape index (κ1) is 25.9. The zero-order valence-electron chi connectivity index (χ0n) is 19.8. The van der Waals surface area contributed by atoms with Gasteiger partial charge in [0.15, 0.2) is 0 Å². The smallest absolute Gasteiger partial charge is 0.321 e. The lowest BCUT2D eigenvalue weighted by Gasteiger charge is -2.36. The maximum Gasteiger partial charge on any atom is 0.321 e. The van der Waals surface area contributed by atoms with Crippen LogP contribution in [0.1, 0.15) is 18.4 Å². The molecule has 1 atom stereocenters. The third-order valence-corrected chi connectivity index (χ3v) is 8.09. The van der Waals surface area contributed by atoms with Crippen LogP contribution in [0.4, 0.5) is 20.6 Å². The highest BCUT2D eigenvalue weighted by atomic mass is 35.5. The average molecular weight is 531 g/mol. The number of amides is 2. The van der Waals surface area contributed by atoms with Crippen molar-refractivity contribution in [2.24, 2.45) is 0 Å². The minimum absolute atomic E-state index is 0.0000904. The molecular weight excluding hydrogens is 503 g/mol. The Labute approximate surface area is 215 Å². The molecule has 0 saturated carbocycles. The first-order chi connectivity index (χ1) is 17.2. The van der Waals surface area contributed by atoms with E-state index in [0.717, 1.165) is 16.9 Å². The van der Waals surface area contributed by atoms with Crippen LogP contribution < -0.4 is 14.9 Å². The fourth-order valence-electron chi connectivity index (χ4n) is 4.02. The second kappa shape index (κ2) is 11.3. The minimum Gasteiger partial charge on any atom is -0.368 e. The van der Waals surface area contributed by atoms with Crippen LogP contribution in [0.3, 0.4) is 0 Å². The van der Waals surface area contributed by atoms with E-state index in [2.05, 4.69) is 14.9 Å². The van der Waals surface area contributed by atoms with Gasteiger partial charge in [0, 0.05) is 44.1 Å². The van der Waals surface area contributed by atoms with Gasteiger partial charge in [-0.25, -0.2) is 22.3 Å². The van der Waals surface area contributed by atoms with Crippen molar-refractivity contribution in [2.75, 3.05) is 42.9 Å². The van der Waals surface area contributed by atoms with E-state index in [0.29, 0.717) is 26.2 Å². The Kier molecular flexibility index (Phi) is 8.13. The molecule has 10 heteroatoms. The molecule has 0 bridgehead atoms. The van der Waals surface area contributed by atoms with Crippen LogP contribution in [-0.4, -0.2) is 52.1 Å². The Morgan fingerprint density at radius 1 is 1.00 bits per heavy atom. The molecule has 1 aliphatic rings. The van der Waals surface area contributed by atoms with Crippen LogP contribution in [0.15, 0.2) is 77.7 Å². The number of nitrogens with zero attached hydrogens (tertiary/aromatic N) is 2. The molecule has 0 spiro atoms. The number of benzene rings is 3. The van der Waals surface area contributed by atoms with Crippen molar-refractivity contribution in [1.29, 1.82) is 0 Å². The molecule has 1 aliphatic heterocycles. The first-order valence-corrected chi connectivity index (χ1v) is 13.5. The number of piperazine rings is 1. The molecule has 2 N–H and O–H groups in total. The molecule has 36 heavy (non-hydrogen) atoms. The zero-order valence-corrected chi connectivity index (χ0v) is 21.4. The van der Waals surface area contributed by atoms with E-state index in [1.807, 2.05) is 37.3 Å². The predicted octanol–water partition coefficient (Wildman–Crippen LogP) is 4.92. The molecule has 0 aliphatic carbocycles. The van der Waals surface area contributed by atoms with Crippen molar-refractivity contribution < 1.29 is 17.6 Å². The molecular formula is C26H28ClFN4O3S. The van der Waals surface area contributed by atoms with Gasteiger partial charge in [-0.05, 0) is 53.9 Å². The molecule has 7 nitrogen and oxygen atoms in total. The third kappa shape index (κ3) is 6.34. The standard InChI is InChI=1S/C26H28ClFN4O3S/c1-19(20-7-9-21(28)10-8-20)18-29-36(34,35)25-12-11-23(17-24(25)27)31-13-15-32(16-14-31)26(33)30-22-5-3-2-4-6-22/h2-12,17,19,29H,13-16,18H2,1H3,(H,30,33). The van der Waals surface area contributed by atoms with Gasteiger partial charge in [0.05, 0.1) is 5.02 Å². The molecule has 1 fully saturated rings. The molecule has 0 radical (unpaired) electrons. The number of rotatable bonds is 7. The first-order valence-electron chi connectivity index (χ1n) is 11.6. The number of carbonyl (C=O) groups is 1. The Bertz CT molecular complexity index is 1300. The van der Waals surface area contributed by atoms with Gasteiger partial charge in [0.2, 0.25) is 10.0 Å². The van der Waals surface area contributed by atoms with Crippen molar-refractivity contribution in [2.45, 2.75) is 17.7 Å². The van der Waals surface area contributed by atoms with E-state index < -0.39 is 10.0 Å². The highest BCUT2D eigenvalue weighted by molar-refractivity contribution is 7.89. The minimum atomic E-state index is -3.84. The van der Waals surface area contributed by atoms with Gasteiger partial charge in [-0.2, -0.15) is 0 Å². The SMILES string of the molecule is CC(CNS(=O)(=O)c1ccc(N2CCN(C(=O)Nc3ccccc3)CC2)cc1Cl)c1ccc(F)cc1. The monoisotopic (exact) mass is 530 g/mol. The van der Waals surface area contributed by atoms with E-state index in [9.17, 15) is 17.6 Å².